The number of H-pyrrole nitrogens is 1. The Labute approximate surface area is 176 Å². The lowest BCUT2D eigenvalue weighted by Gasteiger charge is -2.06. The van der Waals surface area contributed by atoms with Crippen LogP contribution in [-0.4, -0.2) is 43.4 Å². The summed E-state index contributed by atoms with van der Waals surface area (Å²) in [5.41, 5.74) is 4.15. The maximum atomic E-state index is 12.2. The van der Waals surface area contributed by atoms with Crippen molar-refractivity contribution >= 4 is 40.2 Å². The van der Waals surface area contributed by atoms with Crippen molar-refractivity contribution in [2.24, 2.45) is 0 Å². The molecule has 0 aliphatic heterocycles. The van der Waals surface area contributed by atoms with Crippen LogP contribution in [0.3, 0.4) is 0 Å². The van der Waals surface area contributed by atoms with Gasteiger partial charge in [0.1, 0.15) is 0 Å². The van der Waals surface area contributed by atoms with Crippen molar-refractivity contribution in [2.45, 2.75) is 18.5 Å². The summed E-state index contributed by atoms with van der Waals surface area (Å²) < 4.78 is 1.64. The number of hydrogen-bond donors (Lipinski definition) is 2. The van der Waals surface area contributed by atoms with Crippen LogP contribution in [0.4, 0.5) is 0 Å². The summed E-state index contributed by atoms with van der Waals surface area (Å²) in [6.45, 7) is 2.55. The minimum atomic E-state index is -0.0633. The molecule has 0 saturated heterocycles. The second-order valence-corrected chi connectivity index (χ2v) is 7.98. The zero-order valence-electron chi connectivity index (χ0n) is 15.7. The molecule has 0 bridgehead atoms. The fourth-order valence-electron chi connectivity index (χ4n) is 3.07. The number of nitrogens with one attached hydrogen (secondary N) is 2. The van der Waals surface area contributed by atoms with Gasteiger partial charge in [-0.05, 0) is 65.2 Å². The highest BCUT2D eigenvalue weighted by atomic mass is 35.5. The van der Waals surface area contributed by atoms with Crippen molar-refractivity contribution < 1.29 is 4.79 Å². The lowest BCUT2D eigenvalue weighted by Crippen LogP contribution is -2.27. The number of tetrazole rings is 1. The summed E-state index contributed by atoms with van der Waals surface area (Å²) in [6, 6.07) is 13.6. The highest BCUT2D eigenvalue weighted by Gasteiger charge is 2.12. The quantitative estimate of drug-likeness (QED) is 0.441. The summed E-state index contributed by atoms with van der Waals surface area (Å²) in [4.78, 5) is 15.5. The monoisotopic (exact) mass is 426 g/mol. The Hall–Kier alpha value is -2.84. The molecule has 2 aromatic heterocycles. The van der Waals surface area contributed by atoms with Crippen molar-refractivity contribution in [3.63, 3.8) is 0 Å². The van der Waals surface area contributed by atoms with E-state index in [0.717, 1.165) is 34.1 Å². The molecule has 29 heavy (non-hydrogen) atoms. The standard InChI is InChI=1S/C20H19ClN6OS/c1-13-3-2-4-16(9-13)27-20(24-25-26-27)29-12-19(28)22-8-7-14-11-23-18-6-5-15(21)10-17(14)18/h2-6,9-11,23H,7-8,12H2,1H3,(H,22,28). The normalized spacial score (nSPS) is 11.1. The van der Waals surface area contributed by atoms with Gasteiger partial charge in [0.15, 0.2) is 0 Å². The van der Waals surface area contributed by atoms with Gasteiger partial charge in [0, 0.05) is 28.7 Å². The zero-order valence-corrected chi connectivity index (χ0v) is 17.3. The average molecular weight is 427 g/mol. The first-order chi connectivity index (χ1) is 14.1. The molecule has 0 fully saturated rings. The summed E-state index contributed by atoms with van der Waals surface area (Å²) in [6.07, 6.45) is 2.68. The number of rotatable bonds is 7. The smallest absolute Gasteiger partial charge is 0.230 e. The van der Waals surface area contributed by atoms with E-state index in [1.807, 2.05) is 55.6 Å². The number of nitrogens with zero attached hydrogens (tertiary/aromatic N) is 4. The van der Waals surface area contributed by atoms with Crippen LogP contribution >= 0.6 is 23.4 Å². The molecule has 0 spiro atoms. The predicted octanol–water partition coefficient (Wildman–Crippen LogP) is 3.56. The van der Waals surface area contributed by atoms with Crippen LogP contribution in [0.15, 0.2) is 53.8 Å². The second-order valence-electron chi connectivity index (χ2n) is 6.60. The fraction of sp³-hybridized carbons (Fsp3) is 0.200. The number of carbonyl (C=O) groups excluding carboxylic acids is 1. The molecule has 148 valence electrons. The van der Waals surface area contributed by atoms with Crippen molar-refractivity contribution in [1.29, 1.82) is 0 Å². The Morgan fingerprint density at radius 3 is 3.03 bits per heavy atom. The lowest BCUT2D eigenvalue weighted by atomic mass is 10.1. The first-order valence-corrected chi connectivity index (χ1v) is 10.5. The van der Waals surface area contributed by atoms with E-state index >= 15 is 0 Å². The SMILES string of the molecule is Cc1cccc(-n2nnnc2SCC(=O)NCCc2c[nH]c3ccc(Cl)cc23)c1. The maximum Gasteiger partial charge on any atom is 0.230 e. The molecule has 0 saturated carbocycles. The zero-order chi connectivity index (χ0) is 20.2. The number of thioether (sulfide) groups is 1. The number of aromatic nitrogens is 5. The molecule has 2 N–H and O–H groups in total. The number of halogens is 1. The van der Waals surface area contributed by atoms with Gasteiger partial charge in [-0.2, -0.15) is 4.68 Å². The van der Waals surface area contributed by atoms with E-state index < -0.39 is 0 Å². The molecule has 0 radical (unpaired) electrons. The van der Waals surface area contributed by atoms with Gasteiger partial charge in [0.2, 0.25) is 11.1 Å². The van der Waals surface area contributed by atoms with Crippen molar-refractivity contribution in [3.05, 3.63) is 64.8 Å². The van der Waals surface area contributed by atoms with Gasteiger partial charge < -0.3 is 10.3 Å². The Bertz CT molecular complexity index is 1150. The van der Waals surface area contributed by atoms with Gasteiger partial charge in [-0.3, -0.25) is 4.79 Å². The lowest BCUT2D eigenvalue weighted by molar-refractivity contribution is -0.118. The molecule has 4 aromatic rings. The van der Waals surface area contributed by atoms with Crippen molar-refractivity contribution in [2.75, 3.05) is 12.3 Å². The van der Waals surface area contributed by atoms with E-state index in [4.69, 9.17) is 11.6 Å². The Kier molecular flexibility index (Phi) is 5.82. The van der Waals surface area contributed by atoms with Gasteiger partial charge in [-0.25, -0.2) is 0 Å². The number of aromatic amines is 1. The first kappa shape index (κ1) is 19.5. The van der Waals surface area contributed by atoms with E-state index in [-0.39, 0.29) is 11.7 Å². The van der Waals surface area contributed by atoms with Crippen LogP contribution in [0.5, 0.6) is 0 Å². The minimum absolute atomic E-state index is 0.0633. The molecule has 0 unspecified atom stereocenters. The predicted molar refractivity (Wildman–Crippen MR) is 115 cm³/mol. The van der Waals surface area contributed by atoms with Crippen molar-refractivity contribution in [3.8, 4) is 5.69 Å². The number of carbonyl (C=O) groups is 1. The summed E-state index contributed by atoms with van der Waals surface area (Å²) >= 11 is 7.39. The van der Waals surface area contributed by atoms with Gasteiger partial charge >= 0.3 is 0 Å². The van der Waals surface area contributed by atoms with E-state index in [0.29, 0.717) is 16.7 Å². The fourth-order valence-corrected chi connectivity index (χ4v) is 3.96. The molecule has 9 heteroatoms. The third-order valence-electron chi connectivity index (χ3n) is 4.47. The number of amides is 1. The molecule has 1 amide bonds. The summed E-state index contributed by atoms with van der Waals surface area (Å²) in [5, 5.41) is 17.1. The second kappa shape index (κ2) is 8.67. The molecule has 0 aliphatic rings. The number of benzene rings is 2. The topological polar surface area (TPSA) is 88.5 Å². The van der Waals surface area contributed by atoms with E-state index in [1.165, 1.54) is 11.8 Å². The molecule has 0 aliphatic carbocycles. The summed E-state index contributed by atoms with van der Waals surface area (Å²) in [7, 11) is 0. The van der Waals surface area contributed by atoms with Crippen LogP contribution < -0.4 is 5.32 Å². The first-order valence-electron chi connectivity index (χ1n) is 9.10. The molecular formula is C20H19ClN6OS. The van der Waals surface area contributed by atoms with E-state index in [2.05, 4.69) is 25.8 Å². The van der Waals surface area contributed by atoms with Gasteiger partial charge in [-0.1, -0.05) is 35.5 Å². The highest BCUT2D eigenvalue weighted by molar-refractivity contribution is 7.99. The largest absolute Gasteiger partial charge is 0.361 e. The molecule has 2 aromatic carbocycles. The highest BCUT2D eigenvalue weighted by Crippen LogP contribution is 2.22. The molecular weight excluding hydrogens is 408 g/mol. The summed E-state index contributed by atoms with van der Waals surface area (Å²) in [5.74, 6) is 0.179. The molecule has 7 nitrogen and oxygen atoms in total. The number of aryl methyl sites for hydroxylation is 1. The van der Waals surface area contributed by atoms with Crippen LogP contribution in [0.25, 0.3) is 16.6 Å². The van der Waals surface area contributed by atoms with Gasteiger partial charge in [-0.15, -0.1) is 5.10 Å². The van der Waals surface area contributed by atoms with Gasteiger partial charge in [0.05, 0.1) is 11.4 Å². The molecule has 2 heterocycles. The maximum absolute atomic E-state index is 12.2. The van der Waals surface area contributed by atoms with Crippen LogP contribution in [0, 0.1) is 6.92 Å². The van der Waals surface area contributed by atoms with Crippen LogP contribution in [0.1, 0.15) is 11.1 Å². The van der Waals surface area contributed by atoms with Gasteiger partial charge in [0.25, 0.3) is 0 Å². The Morgan fingerprint density at radius 2 is 2.17 bits per heavy atom. The molecule has 4 rings (SSSR count). The number of fused-ring (bicyclic) bond motifs is 1. The number of hydrogen-bond acceptors (Lipinski definition) is 5. The average Bonchev–Trinajstić information content (AvgIpc) is 3.33. The third-order valence-corrected chi connectivity index (χ3v) is 5.62. The van der Waals surface area contributed by atoms with Crippen LogP contribution in [0.2, 0.25) is 5.02 Å². The Balaban J connectivity index is 1.31. The molecule has 0 atom stereocenters. The van der Waals surface area contributed by atoms with E-state index in [1.54, 1.807) is 4.68 Å². The van der Waals surface area contributed by atoms with Crippen LogP contribution in [-0.2, 0) is 11.2 Å². The van der Waals surface area contributed by atoms with E-state index in [9.17, 15) is 4.79 Å². The van der Waals surface area contributed by atoms with Crippen molar-refractivity contribution in [1.82, 2.24) is 30.5 Å². The minimum Gasteiger partial charge on any atom is -0.361 e. The Morgan fingerprint density at radius 1 is 1.28 bits per heavy atom. The third kappa shape index (κ3) is 4.60.